The number of aryl methyl sites for hydroxylation is 1. The molecule has 3 N–H and O–H groups in total. The number of benzene rings is 1. The van der Waals surface area contributed by atoms with E-state index >= 15 is 0 Å². The van der Waals surface area contributed by atoms with Gasteiger partial charge in [-0.2, -0.15) is 0 Å². The number of hydrogen-bond acceptors (Lipinski definition) is 3. The molecule has 0 bridgehead atoms. The molecule has 7 heteroatoms. The van der Waals surface area contributed by atoms with E-state index in [0.717, 1.165) is 11.0 Å². The molecule has 1 aromatic heterocycles. The van der Waals surface area contributed by atoms with E-state index in [1.165, 1.54) is 0 Å². The van der Waals surface area contributed by atoms with Crippen LogP contribution in [0.4, 0.5) is 0 Å². The van der Waals surface area contributed by atoms with Crippen LogP contribution in [0.25, 0.3) is 11.0 Å². The topological polar surface area (TPSA) is 72.9 Å². The van der Waals surface area contributed by atoms with Crippen LogP contribution in [0, 0.1) is 0 Å². The van der Waals surface area contributed by atoms with Gasteiger partial charge in [-0.1, -0.05) is 12.1 Å². The molecule has 1 amide bonds. The maximum Gasteiger partial charge on any atom is 0.222 e. The Kier molecular flexibility index (Phi) is 7.71. The lowest BCUT2D eigenvalue weighted by Gasteiger charge is -2.24. The Hall–Kier alpha value is -1.30. The van der Waals surface area contributed by atoms with E-state index in [2.05, 4.69) is 10.3 Å². The van der Waals surface area contributed by atoms with Gasteiger partial charge in [-0.3, -0.25) is 4.79 Å². The molecule has 118 valence electrons. The predicted octanol–water partition coefficient (Wildman–Crippen LogP) is 2.12. The summed E-state index contributed by atoms with van der Waals surface area (Å²) in [5, 5.41) is 2.92. The lowest BCUT2D eigenvalue weighted by Crippen LogP contribution is -2.49. The lowest BCUT2D eigenvalue weighted by atomic mass is 10.1. The summed E-state index contributed by atoms with van der Waals surface area (Å²) < 4.78 is 1.99. The zero-order chi connectivity index (χ0) is 13.9. The number of carbonyl (C=O) groups is 1. The highest BCUT2D eigenvalue weighted by molar-refractivity contribution is 5.85. The minimum Gasteiger partial charge on any atom is -0.350 e. The number of amides is 1. The Morgan fingerprint density at radius 1 is 1.33 bits per heavy atom. The second-order valence-electron chi connectivity index (χ2n) is 5.31. The van der Waals surface area contributed by atoms with Gasteiger partial charge in [-0.05, 0) is 26.0 Å². The van der Waals surface area contributed by atoms with E-state index in [4.69, 9.17) is 5.73 Å². The SMILES string of the molecule is CC(C)(CN)NC(=O)CCn1cnc2ccccc21.Cl.Cl. The van der Waals surface area contributed by atoms with E-state index < -0.39 is 0 Å². The zero-order valence-corrected chi connectivity index (χ0v) is 13.8. The van der Waals surface area contributed by atoms with Crippen LogP contribution in [-0.2, 0) is 11.3 Å². The maximum atomic E-state index is 11.8. The van der Waals surface area contributed by atoms with E-state index in [1.807, 2.05) is 42.7 Å². The number of rotatable bonds is 5. The van der Waals surface area contributed by atoms with Crippen molar-refractivity contribution in [3.05, 3.63) is 30.6 Å². The van der Waals surface area contributed by atoms with Crippen LogP contribution in [0.5, 0.6) is 0 Å². The molecule has 0 aliphatic rings. The molecule has 0 radical (unpaired) electrons. The first-order valence-electron chi connectivity index (χ1n) is 6.43. The number of nitrogens with one attached hydrogen (secondary N) is 1. The molecule has 0 aliphatic carbocycles. The number of fused-ring (bicyclic) bond motifs is 1. The summed E-state index contributed by atoms with van der Waals surface area (Å²) in [6.07, 6.45) is 2.19. The number of halogens is 2. The van der Waals surface area contributed by atoms with E-state index in [0.29, 0.717) is 19.5 Å². The first-order valence-corrected chi connectivity index (χ1v) is 6.43. The Morgan fingerprint density at radius 2 is 2.00 bits per heavy atom. The van der Waals surface area contributed by atoms with Gasteiger partial charge in [0.15, 0.2) is 0 Å². The highest BCUT2D eigenvalue weighted by Crippen LogP contribution is 2.12. The molecule has 5 nitrogen and oxygen atoms in total. The summed E-state index contributed by atoms with van der Waals surface area (Å²) in [5.41, 5.74) is 7.24. The molecule has 0 saturated carbocycles. The van der Waals surface area contributed by atoms with Gasteiger partial charge in [0.05, 0.1) is 17.4 Å². The molecular formula is C14H22Cl2N4O. The van der Waals surface area contributed by atoms with Crippen molar-refractivity contribution in [2.24, 2.45) is 5.73 Å². The molecular weight excluding hydrogens is 311 g/mol. The van der Waals surface area contributed by atoms with Crippen LogP contribution in [0.3, 0.4) is 0 Å². The van der Waals surface area contributed by atoms with E-state index in [-0.39, 0.29) is 36.3 Å². The fourth-order valence-electron chi connectivity index (χ4n) is 1.90. The average molecular weight is 333 g/mol. The Morgan fingerprint density at radius 3 is 2.67 bits per heavy atom. The van der Waals surface area contributed by atoms with E-state index in [9.17, 15) is 4.79 Å². The fraction of sp³-hybridized carbons (Fsp3) is 0.429. The lowest BCUT2D eigenvalue weighted by molar-refractivity contribution is -0.122. The van der Waals surface area contributed by atoms with Crippen LogP contribution < -0.4 is 11.1 Å². The number of imidazole rings is 1. The molecule has 0 saturated heterocycles. The third kappa shape index (κ3) is 5.19. The summed E-state index contributed by atoms with van der Waals surface area (Å²) in [6, 6.07) is 7.89. The summed E-state index contributed by atoms with van der Waals surface area (Å²) in [6.45, 7) is 4.87. The molecule has 0 atom stereocenters. The second kappa shape index (κ2) is 8.22. The smallest absolute Gasteiger partial charge is 0.222 e. The Bertz CT molecular complexity index is 583. The van der Waals surface area contributed by atoms with Gasteiger partial charge < -0.3 is 15.6 Å². The van der Waals surface area contributed by atoms with Crippen molar-refractivity contribution in [2.75, 3.05) is 6.54 Å². The van der Waals surface area contributed by atoms with Crippen molar-refractivity contribution >= 4 is 41.8 Å². The van der Waals surface area contributed by atoms with Gasteiger partial charge in [0, 0.05) is 25.0 Å². The van der Waals surface area contributed by atoms with Gasteiger partial charge in [0.2, 0.25) is 5.91 Å². The highest BCUT2D eigenvalue weighted by atomic mass is 35.5. The summed E-state index contributed by atoms with van der Waals surface area (Å²) in [5.74, 6) is 0.00762. The molecule has 21 heavy (non-hydrogen) atoms. The van der Waals surface area contributed by atoms with Crippen molar-refractivity contribution in [3.8, 4) is 0 Å². The minimum absolute atomic E-state index is 0. The van der Waals surface area contributed by atoms with Crippen LogP contribution in [-0.4, -0.2) is 27.5 Å². The largest absolute Gasteiger partial charge is 0.350 e. The van der Waals surface area contributed by atoms with Gasteiger partial charge in [-0.25, -0.2) is 4.98 Å². The third-order valence-corrected chi connectivity index (χ3v) is 3.10. The first kappa shape index (κ1) is 19.7. The quantitative estimate of drug-likeness (QED) is 0.880. The summed E-state index contributed by atoms with van der Waals surface area (Å²) in [4.78, 5) is 16.1. The number of aromatic nitrogens is 2. The van der Waals surface area contributed by atoms with Crippen LogP contribution >= 0.6 is 24.8 Å². The molecule has 2 rings (SSSR count). The van der Waals surface area contributed by atoms with Crippen molar-refractivity contribution in [3.63, 3.8) is 0 Å². The van der Waals surface area contributed by atoms with Gasteiger partial charge >= 0.3 is 0 Å². The number of para-hydroxylation sites is 2. The third-order valence-electron chi connectivity index (χ3n) is 3.10. The zero-order valence-electron chi connectivity index (χ0n) is 12.2. The fourth-order valence-corrected chi connectivity index (χ4v) is 1.90. The van der Waals surface area contributed by atoms with Crippen molar-refractivity contribution in [2.45, 2.75) is 32.4 Å². The van der Waals surface area contributed by atoms with Gasteiger partial charge in [0.1, 0.15) is 0 Å². The molecule has 0 unspecified atom stereocenters. The molecule has 1 heterocycles. The minimum atomic E-state index is -0.353. The Balaban J connectivity index is 0.00000200. The van der Waals surface area contributed by atoms with Crippen molar-refractivity contribution < 1.29 is 4.79 Å². The standard InChI is InChI=1S/C14H20N4O.2ClH/c1-14(2,9-15)17-13(19)7-8-18-10-16-11-5-3-4-6-12(11)18;;/h3-6,10H,7-9,15H2,1-2H3,(H,17,19);2*1H. The van der Waals surface area contributed by atoms with Gasteiger partial charge in [-0.15, -0.1) is 24.8 Å². The molecule has 0 aliphatic heterocycles. The van der Waals surface area contributed by atoms with Crippen LogP contribution in [0.15, 0.2) is 30.6 Å². The second-order valence-corrected chi connectivity index (χ2v) is 5.31. The van der Waals surface area contributed by atoms with Crippen molar-refractivity contribution in [1.29, 1.82) is 0 Å². The van der Waals surface area contributed by atoms with Gasteiger partial charge in [0.25, 0.3) is 0 Å². The monoisotopic (exact) mass is 332 g/mol. The number of carbonyl (C=O) groups excluding carboxylic acids is 1. The first-order chi connectivity index (χ1) is 9.02. The van der Waals surface area contributed by atoms with Crippen LogP contribution in [0.1, 0.15) is 20.3 Å². The van der Waals surface area contributed by atoms with Crippen LogP contribution in [0.2, 0.25) is 0 Å². The predicted molar refractivity (Wildman–Crippen MR) is 90.1 cm³/mol. The Labute approximate surface area is 137 Å². The molecule has 0 fully saturated rings. The number of nitrogens with zero attached hydrogens (tertiary/aromatic N) is 2. The molecule has 1 aromatic carbocycles. The molecule has 2 aromatic rings. The number of nitrogens with two attached hydrogens (primary N) is 1. The maximum absolute atomic E-state index is 11.8. The summed E-state index contributed by atoms with van der Waals surface area (Å²) in [7, 11) is 0. The highest BCUT2D eigenvalue weighted by Gasteiger charge is 2.17. The molecule has 0 spiro atoms. The van der Waals surface area contributed by atoms with Crippen molar-refractivity contribution in [1.82, 2.24) is 14.9 Å². The summed E-state index contributed by atoms with van der Waals surface area (Å²) >= 11 is 0. The normalized spacial score (nSPS) is 10.6. The average Bonchev–Trinajstić information content (AvgIpc) is 2.79. The number of hydrogen-bond donors (Lipinski definition) is 2. The van der Waals surface area contributed by atoms with E-state index in [1.54, 1.807) is 6.33 Å².